The Kier molecular flexibility index (Phi) is 6.21. The molecule has 0 fully saturated rings. The predicted octanol–water partition coefficient (Wildman–Crippen LogP) is 2.65. The number of anilines is 1. The summed E-state index contributed by atoms with van der Waals surface area (Å²) >= 11 is 1.49. The molecule has 1 heterocycles. The van der Waals surface area contributed by atoms with Gasteiger partial charge >= 0.3 is 5.97 Å². The van der Waals surface area contributed by atoms with Gasteiger partial charge in [-0.15, -0.1) is 0 Å². The highest BCUT2D eigenvalue weighted by atomic mass is 32.2. The van der Waals surface area contributed by atoms with E-state index in [-0.39, 0.29) is 12.1 Å². The third-order valence-corrected chi connectivity index (χ3v) is 5.77. The van der Waals surface area contributed by atoms with Crippen LogP contribution in [0, 0.1) is 0 Å². The molecule has 0 unspecified atom stereocenters. The lowest BCUT2D eigenvalue weighted by molar-refractivity contribution is -0.141. The van der Waals surface area contributed by atoms with Crippen molar-refractivity contribution in [2.75, 3.05) is 26.1 Å². The van der Waals surface area contributed by atoms with Gasteiger partial charge in [0.1, 0.15) is 6.54 Å². The molecule has 0 saturated carbocycles. The Hall–Kier alpha value is -2.28. The number of esters is 1. The molecule has 0 bridgehead atoms. The maximum Gasteiger partial charge on any atom is 0.325 e. The van der Waals surface area contributed by atoms with Gasteiger partial charge in [0.05, 0.1) is 12.8 Å². The first-order valence-electron chi connectivity index (χ1n) is 9.08. The molecule has 1 aromatic heterocycles. The van der Waals surface area contributed by atoms with Gasteiger partial charge in [0, 0.05) is 31.1 Å². The van der Waals surface area contributed by atoms with Crippen molar-refractivity contribution in [1.29, 1.82) is 0 Å². The van der Waals surface area contributed by atoms with Gasteiger partial charge in [-0.25, -0.2) is 4.98 Å². The molecule has 27 heavy (non-hydrogen) atoms. The van der Waals surface area contributed by atoms with Crippen molar-refractivity contribution in [3.8, 4) is 0 Å². The van der Waals surface area contributed by atoms with Crippen molar-refractivity contribution in [2.45, 2.75) is 43.1 Å². The van der Waals surface area contributed by atoms with Crippen LogP contribution in [0.2, 0.25) is 0 Å². The molecule has 1 aliphatic carbocycles. The summed E-state index contributed by atoms with van der Waals surface area (Å²) in [5.74, 6) is 0.228. The third-order valence-electron chi connectivity index (χ3n) is 4.75. The van der Waals surface area contributed by atoms with Gasteiger partial charge in [-0.05, 0) is 37.3 Å². The Balaban J connectivity index is 1.95. The fourth-order valence-corrected chi connectivity index (χ4v) is 4.33. The minimum absolute atomic E-state index is 0.103. The number of ether oxygens (including phenoxy) is 1. The maximum absolute atomic E-state index is 13.0. The molecule has 0 atom stereocenters. The lowest BCUT2D eigenvalue weighted by atomic mass is 9.97. The van der Waals surface area contributed by atoms with Crippen molar-refractivity contribution in [1.82, 2.24) is 9.55 Å². The number of hydrogen-bond donors (Lipinski definition) is 0. The van der Waals surface area contributed by atoms with E-state index in [1.807, 2.05) is 26.2 Å². The van der Waals surface area contributed by atoms with Gasteiger partial charge in [-0.3, -0.25) is 14.2 Å². The van der Waals surface area contributed by atoms with Crippen LogP contribution in [0.25, 0.3) is 0 Å². The molecule has 0 radical (unpaired) electrons. The molecular formula is C20H25N3O3S. The van der Waals surface area contributed by atoms with E-state index in [9.17, 15) is 9.59 Å². The van der Waals surface area contributed by atoms with E-state index in [2.05, 4.69) is 17.0 Å². The smallest absolute Gasteiger partial charge is 0.325 e. The zero-order chi connectivity index (χ0) is 19.4. The van der Waals surface area contributed by atoms with Crippen LogP contribution >= 0.6 is 11.8 Å². The summed E-state index contributed by atoms with van der Waals surface area (Å²) in [5.41, 5.74) is 3.82. The highest BCUT2D eigenvalue weighted by Gasteiger charge is 2.21. The first kappa shape index (κ1) is 19.5. The highest BCUT2D eigenvalue weighted by Crippen LogP contribution is 2.28. The quantitative estimate of drug-likeness (QED) is 0.431. The molecule has 144 valence electrons. The lowest BCUT2D eigenvalue weighted by Crippen LogP contribution is -2.32. The number of carbonyl (C=O) groups is 1. The Bertz CT molecular complexity index is 893. The number of aryl methyl sites for hydroxylation is 1. The molecule has 1 aliphatic rings. The predicted molar refractivity (Wildman–Crippen MR) is 107 cm³/mol. The highest BCUT2D eigenvalue weighted by molar-refractivity contribution is 7.98. The molecule has 1 aromatic carbocycles. The van der Waals surface area contributed by atoms with E-state index in [4.69, 9.17) is 9.72 Å². The van der Waals surface area contributed by atoms with Gasteiger partial charge in [0.15, 0.2) is 5.16 Å². The molecule has 0 saturated heterocycles. The average Bonchev–Trinajstić information content (AvgIpc) is 2.68. The summed E-state index contributed by atoms with van der Waals surface area (Å²) < 4.78 is 6.25. The molecule has 7 heteroatoms. The van der Waals surface area contributed by atoms with Gasteiger partial charge in [-0.1, -0.05) is 30.0 Å². The molecule has 3 rings (SSSR count). The number of rotatable bonds is 6. The van der Waals surface area contributed by atoms with Crippen LogP contribution in [-0.4, -0.2) is 36.7 Å². The minimum Gasteiger partial charge on any atom is -0.468 e. The number of hydrogen-bond acceptors (Lipinski definition) is 6. The normalized spacial score (nSPS) is 13.1. The molecule has 0 amide bonds. The minimum atomic E-state index is -0.440. The monoisotopic (exact) mass is 387 g/mol. The molecule has 0 aliphatic heterocycles. The zero-order valence-electron chi connectivity index (χ0n) is 16.0. The Morgan fingerprint density at radius 2 is 2.00 bits per heavy atom. The van der Waals surface area contributed by atoms with Crippen molar-refractivity contribution in [3.63, 3.8) is 0 Å². The van der Waals surface area contributed by atoms with Gasteiger partial charge in [0.25, 0.3) is 5.56 Å². The summed E-state index contributed by atoms with van der Waals surface area (Å²) in [7, 11) is 5.35. The van der Waals surface area contributed by atoms with Crippen LogP contribution in [0.4, 0.5) is 5.69 Å². The fraction of sp³-hybridized carbons (Fsp3) is 0.450. The number of nitrogens with zero attached hydrogens (tertiary/aromatic N) is 3. The van der Waals surface area contributed by atoms with E-state index < -0.39 is 5.97 Å². The van der Waals surface area contributed by atoms with Crippen LogP contribution in [0.3, 0.4) is 0 Å². The van der Waals surface area contributed by atoms with Crippen LogP contribution in [-0.2, 0) is 34.7 Å². The van der Waals surface area contributed by atoms with Crippen LogP contribution in [0.1, 0.15) is 29.7 Å². The number of fused-ring (bicyclic) bond motifs is 1. The largest absolute Gasteiger partial charge is 0.468 e. The van der Waals surface area contributed by atoms with E-state index in [1.165, 1.54) is 23.4 Å². The number of benzene rings is 1. The van der Waals surface area contributed by atoms with Crippen molar-refractivity contribution in [3.05, 3.63) is 51.4 Å². The van der Waals surface area contributed by atoms with Gasteiger partial charge in [-0.2, -0.15) is 0 Å². The summed E-state index contributed by atoms with van der Waals surface area (Å²) in [4.78, 5) is 31.6. The Morgan fingerprint density at radius 1 is 1.26 bits per heavy atom. The second kappa shape index (κ2) is 8.61. The average molecular weight is 388 g/mol. The molecule has 2 aromatic rings. The lowest BCUT2D eigenvalue weighted by Gasteiger charge is -2.20. The molecule has 0 N–H and O–H groups in total. The van der Waals surface area contributed by atoms with Crippen LogP contribution in [0.15, 0.2) is 34.2 Å². The Labute approximate surface area is 163 Å². The van der Waals surface area contributed by atoms with Gasteiger partial charge < -0.3 is 9.64 Å². The third kappa shape index (κ3) is 4.35. The van der Waals surface area contributed by atoms with E-state index >= 15 is 0 Å². The topological polar surface area (TPSA) is 64.4 Å². The Morgan fingerprint density at radius 3 is 2.74 bits per heavy atom. The van der Waals surface area contributed by atoms with E-state index in [1.54, 1.807) is 0 Å². The number of carbonyl (C=O) groups excluding carboxylic acids is 1. The second-order valence-corrected chi connectivity index (χ2v) is 7.75. The van der Waals surface area contributed by atoms with Crippen molar-refractivity contribution >= 4 is 23.4 Å². The van der Waals surface area contributed by atoms with Gasteiger partial charge in [0.2, 0.25) is 0 Å². The summed E-state index contributed by atoms with van der Waals surface area (Å²) in [5, 5.41) is 0.583. The summed E-state index contributed by atoms with van der Waals surface area (Å²) in [6.07, 6.45) is 3.60. The SMILES string of the molecule is COC(=O)Cn1c(SCc2ccccc2N(C)C)nc2c(c1=O)CCCC2. The zero-order valence-corrected chi connectivity index (χ0v) is 16.8. The molecular weight excluding hydrogens is 362 g/mol. The number of thioether (sulfide) groups is 1. The first-order valence-corrected chi connectivity index (χ1v) is 10.1. The van der Waals surface area contributed by atoms with Crippen molar-refractivity contribution < 1.29 is 9.53 Å². The van der Waals surface area contributed by atoms with E-state index in [0.29, 0.717) is 10.9 Å². The number of methoxy groups -OCH3 is 1. The fourth-order valence-electron chi connectivity index (χ4n) is 3.32. The van der Waals surface area contributed by atoms with Crippen molar-refractivity contribution in [2.24, 2.45) is 0 Å². The summed E-state index contributed by atoms with van der Waals surface area (Å²) in [6.45, 7) is -0.104. The number of aromatic nitrogens is 2. The van der Waals surface area contributed by atoms with Crippen LogP contribution in [0.5, 0.6) is 0 Å². The standard InChI is InChI=1S/C20H25N3O3S/c1-22(2)17-11-7-4-8-14(17)13-27-20-21-16-10-6-5-9-15(16)19(25)23(20)12-18(24)26-3/h4,7-8,11H,5-6,9-10,12-13H2,1-3H3. The molecule has 0 spiro atoms. The number of para-hydroxylation sites is 1. The van der Waals surface area contributed by atoms with E-state index in [0.717, 1.165) is 48.2 Å². The van der Waals surface area contributed by atoms with Crippen LogP contribution < -0.4 is 10.5 Å². The first-order chi connectivity index (χ1) is 13.0. The summed E-state index contributed by atoms with van der Waals surface area (Å²) in [6, 6.07) is 8.15. The second-order valence-electron chi connectivity index (χ2n) is 6.81. The molecule has 6 nitrogen and oxygen atoms in total. The maximum atomic E-state index is 13.0.